The first-order valence-electron chi connectivity index (χ1n) is 6.30. The summed E-state index contributed by atoms with van der Waals surface area (Å²) in [5.41, 5.74) is 2.10. The van der Waals surface area contributed by atoms with Crippen LogP contribution in [0.1, 0.15) is 5.69 Å². The number of benzene rings is 1. The van der Waals surface area contributed by atoms with Crippen LogP contribution in [-0.2, 0) is 11.3 Å². The quantitative estimate of drug-likeness (QED) is 0.787. The zero-order valence-electron chi connectivity index (χ0n) is 11.6. The highest BCUT2D eigenvalue weighted by Gasteiger charge is 2.06. The fraction of sp³-hybridized carbons (Fsp3) is 0.357. The number of hydrogen-bond acceptors (Lipinski definition) is 4. The van der Waals surface area contributed by atoms with Crippen molar-refractivity contribution in [3.05, 3.63) is 40.9 Å². The Hall–Kier alpha value is -1.37. The van der Waals surface area contributed by atoms with Gasteiger partial charge in [-0.3, -0.25) is 0 Å². The van der Waals surface area contributed by atoms with Crippen LogP contribution >= 0.6 is 15.9 Å². The number of rotatable bonds is 7. The lowest BCUT2D eigenvalue weighted by Gasteiger charge is -2.11. The summed E-state index contributed by atoms with van der Waals surface area (Å²) < 4.78 is 13.3. The van der Waals surface area contributed by atoms with Gasteiger partial charge in [0.2, 0.25) is 0 Å². The van der Waals surface area contributed by atoms with E-state index < -0.39 is 0 Å². The fourth-order valence-corrected chi connectivity index (χ4v) is 2.34. The number of nitrogens with one attached hydrogen (secondary N) is 1. The van der Waals surface area contributed by atoms with Crippen LogP contribution in [0.15, 0.2) is 35.2 Å². The molecule has 2 aromatic rings. The Morgan fingerprint density at radius 3 is 2.90 bits per heavy atom. The van der Waals surface area contributed by atoms with E-state index in [4.69, 9.17) is 9.47 Å². The van der Waals surface area contributed by atoms with Crippen molar-refractivity contribution in [1.29, 1.82) is 0 Å². The molecule has 0 aliphatic carbocycles. The van der Waals surface area contributed by atoms with Crippen molar-refractivity contribution < 1.29 is 9.47 Å². The Balaban J connectivity index is 2.16. The molecule has 0 spiro atoms. The van der Waals surface area contributed by atoms with E-state index in [0.29, 0.717) is 6.61 Å². The Morgan fingerprint density at radius 1 is 1.30 bits per heavy atom. The lowest BCUT2D eigenvalue weighted by Crippen LogP contribution is -2.20. The summed E-state index contributed by atoms with van der Waals surface area (Å²) in [5, 5.41) is 3.31. The third kappa shape index (κ3) is 3.82. The number of aromatic nitrogens is 2. The smallest absolute Gasteiger partial charge is 0.122 e. The summed E-state index contributed by atoms with van der Waals surface area (Å²) in [5.74, 6) is 0.807. The third-order valence-corrected chi connectivity index (χ3v) is 3.33. The van der Waals surface area contributed by atoms with E-state index >= 15 is 0 Å². The molecule has 0 atom stereocenters. The van der Waals surface area contributed by atoms with Crippen LogP contribution in [0.25, 0.3) is 5.69 Å². The van der Waals surface area contributed by atoms with Gasteiger partial charge in [-0.2, -0.15) is 0 Å². The van der Waals surface area contributed by atoms with Crippen LogP contribution in [0.3, 0.4) is 0 Å². The van der Waals surface area contributed by atoms with E-state index in [1.54, 1.807) is 20.5 Å². The summed E-state index contributed by atoms with van der Waals surface area (Å²) in [6.45, 7) is 2.24. The molecule has 0 saturated heterocycles. The topological polar surface area (TPSA) is 48.3 Å². The minimum absolute atomic E-state index is 0.693. The molecule has 0 saturated carbocycles. The SMILES string of the molecule is COCCNCc1cncn1-c1cc(Br)cc(OC)c1. The van der Waals surface area contributed by atoms with Gasteiger partial charge in [0.25, 0.3) is 0 Å². The van der Waals surface area contributed by atoms with Crippen molar-refractivity contribution in [2.75, 3.05) is 27.4 Å². The molecule has 5 nitrogen and oxygen atoms in total. The van der Waals surface area contributed by atoms with Crippen molar-refractivity contribution in [3.8, 4) is 11.4 Å². The maximum atomic E-state index is 5.29. The maximum absolute atomic E-state index is 5.29. The van der Waals surface area contributed by atoms with Gasteiger partial charge in [0, 0.05) is 36.9 Å². The highest BCUT2D eigenvalue weighted by atomic mass is 79.9. The Morgan fingerprint density at radius 2 is 2.15 bits per heavy atom. The molecule has 1 heterocycles. The minimum atomic E-state index is 0.693. The molecule has 1 N–H and O–H groups in total. The van der Waals surface area contributed by atoms with Crippen molar-refractivity contribution in [2.45, 2.75) is 6.54 Å². The lowest BCUT2D eigenvalue weighted by atomic mass is 10.3. The van der Waals surface area contributed by atoms with E-state index in [9.17, 15) is 0 Å². The molecule has 0 aliphatic rings. The molecule has 108 valence electrons. The largest absolute Gasteiger partial charge is 0.497 e. The normalized spacial score (nSPS) is 10.8. The molecule has 0 fully saturated rings. The number of nitrogens with zero attached hydrogens (tertiary/aromatic N) is 2. The summed E-state index contributed by atoms with van der Waals surface area (Å²) in [7, 11) is 3.35. The predicted octanol–water partition coefficient (Wildman–Crippen LogP) is 2.38. The van der Waals surface area contributed by atoms with Gasteiger partial charge >= 0.3 is 0 Å². The molecule has 20 heavy (non-hydrogen) atoms. The summed E-state index contributed by atoms with van der Waals surface area (Å²) >= 11 is 3.49. The van der Waals surface area contributed by atoms with Gasteiger partial charge in [-0.05, 0) is 12.1 Å². The molecule has 6 heteroatoms. The van der Waals surface area contributed by atoms with Crippen LogP contribution in [0.2, 0.25) is 0 Å². The van der Waals surface area contributed by atoms with E-state index in [-0.39, 0.29) is 0 Å². The first-order chi connectivity index (χ1) is 9.74. The van der Waals surface area contributed by atoms with Gasteiger partial charge in [-0.1, -0.05) is 15.9 Å². The molecule has 0 amide bonds. The Kier molecular flexibility index (Phi) is 5.58. The van der Waals surface area contributed by atoms with Crippen LogP contribution in [0.5, 0.6) is 5.75 Å². The molecule has 1 aromatic carbocycles. The highest BCUT2D eigenvalue weighted by Crippen LogP contribution is 2.24. The second-order valence-corrected chi connectivity index (χ2v) is 5.19. The number of hydrogen-bond donors (Lipinski definition) is 1. The highest BCUT2D eigenvalue weighted by molar-refractivity contribution is 9.10. The number of ether oxygens (including phenoxy) is 2. The molecule has 1 aromatic heterocycles. The van der Waals surface area contributed by atoms with Crippen LogP contribution in [0.4, 0.5) is 0 Å². The predicted molar refractivity (Wildman–Crippen MR) is 81.4 cm³/mol. The number of halogens is 1. The molecule has 2 rings (SSSR count). The number of imidazole rings is 1. The lowest BCUT2D eigenvalue weighted by molar-refractivity contribution is 0.199. The molecule has 0 bridgehead atoms. The summed E-state index contributed by atoms with van der Waals surface area (Å²) in [6.07, 6.45) is 3.65. The Bertz CT molecular complexity index is 557. The molecule has 0 unspecified atom stereocenters. The number of methoxy groups -OCH3 is 2. The molecular weight excluding hydrogens is 322 g/mol. The van der Waals surface area contributed by atoms with Gasteiger partial charge < -0.3 is 19.4 Å². The Labute approximate surface area is 127 Å². The second-order valence-electron chi connectivity index (χ2n) is 4.27. The molecule has 0 radical (unpaired) electrons. The van der Waals surface area contributed by atoms with Crippen molar-refractivity contribution in [2.24, 2.45) is 0 Å². The third-order valence-electron chi connectivity index (χ3n) is 2.87. The minimum Gasteiger partial charge on any atom is -0.497 e. The monoisotopic (exact) mass is 339 g/mol. The first-order valence-corrected chi connectivity index (χ1v) is 7.09. The average Bonchev–Trinajstić information content (AvgIpc) is 2.91. The fourth-order valence-electron chi connectivity index (χ4n) is 1.88. The second kappa shape index (κ2) is 7.42. The van der Waals surface area contributed by atoms with Gasteiger partial charge in [0.1, 0.15) is 5.75 Å². The van der Waals surface area contributed by atoms with Crippen LogP contribution < -0.4 is 10.1 Å². The van der Waals surface area contributed by atoms with E-state index in [0.717, 1.165) is 34.7 Å². The van der Waals surface area contributed by atoms with Crippen LogP contribution in [0, 0.1) is 0 Å². The van der Waals surface area contributed by atoms with E-state index in [1.807, 2.05) is 29.0 Å². The van der Waals surface area contributed by atoms with Gasteiger partial charge in [-0.15, -0.1) is 0 Å². The standard InChI is InChI=1S/C14H18BrN3O2/c1-19-4-3-16-8-13-9-17-10-18(13)12-5-11(15)6-14(7-12)20-2/h5-7,9-10,16H,3-4,8H2,1-2H3. The average molecular weight is 340 g/mol. The van der Waals surface area contributed by atoms with Crippen LogP contribution in [-0.4, -0.2) is 36.9 Å². The van der Waals surface area contributed by atoms with Crippen molar-refractivity contribution in [3.63, 3.8) is 0 Å². The molecular formula is C14H18BrN3O2. The van der Waals surface area contributed by atoms with E-state index in [1.165, 1.54) is 0 Å². The summed E-state index contributed by atoms with van der Waals surface area (Å²) in [6, 6.07) is 5.94. The van der Waals surface area contributed by atoms with Crippen molar-refractivity contribution >= 4 is 15.9 Å². The summed E-state index contributed by atoms with van der Waals surface area (Å²) in [4.78, 5) is 4.22. The van der Waals surface area contributed by atoms with Gasteiger partial charge in [0.15, 0.2) is 0 Å². The zero-order valence-corrected chi connectivity index (χ0v) is 13.2. The van der Waals surface area contributed by atoms with Crippen molar-refractivity contribution in [1.82, 2.24) is 14.9 Å². The first kappa shape index (κ1) is 15.0. The zero-order chi connectivity index (χ0) is 14.4. The molecule has 0 aliphatic heterocycles. The van der Waals surface area contributed by atoms with E-state index in [2.05, 4.69) is 26.2 Å². The maximum Gasteiger partial charge on any atom is 0.122 e. The van der Waals surface area contributed by atoms with Gasteiger partial charge in [-0.25, -0.2) is 4.98 Å². The van der Waals surface area contributed by atoms with Gasteiger partial charge in [0.05, 0.1) is 31.4 Å².